The molecule has 2 aromatic carbocycles. The maximum Gasteiger partial charge on any atom is 0.263 e. The first kappa shape index (κ1) is 22.5. The van der Waals surface area contributed by atoms with Crippen LogP contribution in [0.15, 0.2) is 58.4 Å². The average Bonchev–Trinajstić information content (AvgIpc) is 3.01. The third-order valence-corrected chi connectivity index (χ3v) is 6.34. The quantitative estimate of drug-likeness (QED) is 0.484. The molecule has 1 aliphatic rings. The topological polar surface area (TPSA) is 131 Å². The van der Waals surface area contributed by atoms with Crippen LogP contribution in [0.1, 0.15) is 47.2 Å². The Balaban J connectivity index is 1.33. The van der Waals surface area contributed by atoms with E-state index in [1.165, 1.54) is 0 Å². The molecule has 31 heavy (non-hydrogen) atoms. The monoisotopic (exact) mass is 442 g/mol. The van der Waals surface area contributed by atoms with Gasteiger partial charge in [0, 0.05) is 30.6 Å². The lowest BCUT2D eigenvalue weighted by Gasteiger charge is -2.06. The lowest BCUT2D eigenvalue weighted by atomic mass is 10.1. The minimum Gasteiger partial charge on any atom is -0.366 e. The van der Waals surface area contributed by atoms with Crippen LogP contribution in [0.2, 0.25) is 0 Å². The van der Waals surface area contributed by atoms with E-state index in [4.69, 9.17) is 5.73 Å². The van der Waals surface area contributed by atoms with Crippen molar-refractivity contribution in [3.63, 3.8) is 0 Å². The van der Waals surface area contributed by atoms with E-state index < -0.39 is 15.9 Å². The molecule has 4 N–H and O–H groups in total. The van der Waals surface area contributed by atoms with Crippen LogP contribution in [0, 0.1) is 0 Å². The number of nitrogens with two attached hydrogens (primary N) is 1. The molecule has 0 atom stereocenters. The molecule has 2 aromatic rings. The average molecular weight is 443 g/mol. The molecule has 0 bridgehead atoms. The molecule has 0 saturated heterocycles. The highest BCUT2D eigenvalue weighted by molar-refractivity contribution is 7.90. The Morgan fingerprint density at radius 2 is 1.84 bits per heavy atom. The van der Waals surface area contributed by atoms with E-state index in [2.05, 4.69) is 15.0 Å². The number of hydrogen-bond donors (Lipinski definition) is 3. The Kier molecular flexibility index (Phi) is 7.41. The van der Waals surface area contributed by atoms with Crippen LogP contribution in [0.4, 0.5) is 0 Å². The zero-order valence-corrected chi connectivity index (χ0v) is 18.0. The van der Waals surface area contributed by atoms with E-state index >= 15 is 0 Å². The molecule has 0 saturated carbocycles. The summed E-state index contributed by atoms with van der Waals surface area (Å²) in [6.07, 6.45) is 3.37. The van der Waals surface area contributed by atoms with E-state index in [-0.39, 0.29) is 10.8 Å². The van der Waals surface area contributed by atoms with Crippen LogP contribution < -0.4 is 15.8 Å². The van der Waals surface area contributed by atoms with Crippen LogP contribution in [-0.4, -0.2) is 39.2 Å². The minimum absolute atomic E-state index is 0.0187. The predicted molar refractivity (Wildman–Crippen MR) is 118 cm³/mol. The second-order valence-electron chi connectivity index (χ2n) is 7.31. The molecule has 0 radical (unpaired) electrons. The zero-order chi connectivity index (χ0) is 22.3. The normalized spacial score (nSPS) is 15.3. The fourth-order valence-corrected chi connectivity index (χ4v) is 4.58. The van der Waals surface area contributed by atoms with Gasteiger partial charge < -0.3 is 11.1 Å². The number of nitrogens with one attached hydrogen (secondary N) is 2. The van der Waals surface area contributed by atoms with E-state index in [0.717, 1.165) is 24.8 Å². The van der Waals surface area contributed by atoms with Gasteiger partial charge in [-0.15, -0.1) is 0 Å². The van der Waals surface area contributed by atoms with E-state index in [1.807, 2.05) is 6.07 Å². The van der Waals surface area contributed by atoms with Crippen LogP contribution in [0.25, 0.3) is 0 Å². The van der Waals surface area contributed by atoms with Gasteiger partial charge in [0.15, 0.2) is 0 Å². The summed E-state index contributed by atoms with van der Waals surface area (Å²) in [6.45, 7) is 0.984. The maximum absolute atomic E-state index is 12.0. The first-order valence-corrected chi connectivity index (χ1v) is 11.7. The number of amidine groups is 1. The summed E-state index contributed by atoms with van der Waals surface area (Å²) in [4.78, 5) is 27.8. The molecular formula is C22H26N4O4S. The summed E-state index contributed by atoms with van der Waals surface area (Å²) in [5.41, 5.74) is 7.27. The fourth-order valence-electron chi connectivity index (χ4n) is 3.33. The molecule has 0 fully saturated rings. The second kappa shape index (κ2) is 10.2. The van der Waals surface area contributed by atoms with Gasteiger partial charge in [0.05, 0.1) is 4.90 Å². The number of benzene rings is 2. The van der Waals surface area contributed by atoms with Crippen molar-refractivity contribution in [2.45, 2.75) is 37.0 Å². The fraction of sp³-hybridized carbons (Fsp3) is 0.318. The first-order chi connectivity index (χ1) is 14.9. The molecule has 164 valence electrons. The third-order valence-electron chi connectivity index (χ3n) is 4.94. The molecule has 9 heteroatoms. The van der Waals surface area contributed by atoms with Gasteiger partial charge in [0.2, 0.25) is 11.8 Å². The third kappa shape index (κ3) is 6.14. The summed E-state index contributed by atoms with van der Waals surface area (Å²) < 4.78 is 26.6. The number of hydrogen-bond acceptors (Lipinski definition) is 5. The number of carbonyl (C=O) groups is 2. The lowest BCUT2D eigenvalue weighted by molar-refractivity contribution is -0.121. The number of nitrogens with zero attached hydrogens (tertiary/aromatic N) is 1. The number of sulfonamides is 1. The van der Waals surface area contributed by atoms with Gasteiger partial charge in [-0.2, -0.15) is 0 Å². The van der Waals surface area contributed by atoms with E-state index in [9.17, 15) is 18.0 Å². The predicted octanol–water partition coefficient (Wildman–Crippen LogP) is 1.74. The van der Waals surface area contributed by atoms with Crippen molar-refractivity contribution in [2.75, 3.05) is 13.1 Å². The van der Waals surface area contributed by atoms with Gasteiger partial charge in [-0.3, -0.25) is 19.3 Å². The standard InChI is InChI=1S/C22H26N4O4S/c23-21(28)17-8-6-7-16(15-17)12-14-24-20(27)11-2-1-5-13-25-22-18-9-3-4-10-19(18)31(29,30)26-22/h3-4,6-10,15H,1-2,5,11-14H2,(H2,23,28)(H,24,27)(H,25,26). The minimum atomic E-state index is -3.51. The number of aliphatic imine (C=N–C) groups is 1. The van der Waals surface area contributed by atoms with Gasteiger partial charge >= 0.3 is 0 Å². The highest BCUT2D eigenvalue weighted by Crippen LogP contribution is 2.22. The van der Waals surface area contributed by atoms with E-state index in [0.29, 0.717) is 42.9 Å². The largest absolute Gasteiger partial charge is 0.366 e. The molecular weight excluding hydrogens is 416 g/mol. The number of carbonyl (C=O) groups excluding carboxylic acids is 2. The Morgan fingerprint density at radius 3 is 2.65 bits per heavy atom. The molecule has 3 rings (SSSR count). The van der Waals surface area contributed by atoms with Crippen LogP contribution in [0.5, 0.6) is 0 Å². The molecule has 0 aliphatic carbocycles. The highest BCUT2D eigenvalue weighted by atomic mass is 32.2. The summed E-state index contributed by atoms with van der Waals surface area (Å²) in [7, 11) is -3.51. The summed E-state index contributed by atoms with van der Waals surface area (Å²) in [5, 5.41) is 2.88. The Morgan fingerprint density at radius 1 is 1.03 bits per heavy atom. The number of fused-ring (bicyclic) bond motifs is 1. The van der Waals surface area contributed by atoms with E-state index in [1.54, 1.807) is 42.5 Å². The smallest absolute Gasteiger partial charge is 0.263 e. The molecule has 0 unspecified atom stereocenters. The second-order valence-corrected chi connectivity index (χ2v) is 8.96. The molecule has 0 aromatic heterocycles. The maximum atomic E-state index is 12.0. The van der Waals surface area contributed by atoms with Crippen molar-refractivity contribution < 1.29 is 18.0 Å². The van der Waals surface area contributed by atoms with Crippen molar-refractivity contribution in [2.24, 2.45) is 10.7 Å². The molecule has 8 nitrogen and oxygen atoms in total. The van der Waals surface area contributed by atoms with Gasteiger partial charge in [-0.05, 0) is 49.1 Å². The Bertz CT molecular complexity index is 1100. The van der Waals surface area contributed by atoms with Crippen molar-refractivity contribution in [1.82, 2.24) is 10.0 Å². The van der Waals surface area contributed by atoms with Crippen molar-refractivity contribution in [1.29, 1.82) is 0 Å². The molecule has 1 aliphatic heterocycles. The summed E-state index contributed by atoms with van der Waals surface area (Å²) in [6, 6.07) is 13.8. The summed E-state index contributed by atoms with van der Waals surface area (Å²) in [5.74, 6) is -0.103. The van der Waals surface area contributed by atoms with Crippen LogP contribution >= 0.6 is 0 Å². The number of unbranched alkanes of at least 4 members (excludes halogenated alkanes) is 2. The number of rotatable bonds is 10. The highest BCUT2D eigenvalue weighted by Gasteiger charge is 2.29. The Hall–Kier alpha value is -3.20. The zero-order valence-electron chi connectivity index (χ0n) is 17.1. The number of primary amides is 1. The molecule has 2 amide bonds. The molecule has 0 spiro atoms. The summed E-state index contributed by atoms with van der Waals surface area (Å²) >= 11 is 0. The first-order valence-electron chi connectivity index (χ1n) is 10.2. The van der Waals surface area contributed by atoms with Gasteiger partial charge in [-0.1, -0.05) is 30.7 Å². The van der Waals surface area contributed by atoms with Crippen molar-refractivity contribution >= 4 is 27.7 Å². The SMILES string of the molecule is NC(=O)c1cccc(CCNC(=O)CCCCCN=C2NS(=O)(=O)c3ccccc32)c1. The molecule has 1 heterocycles. The van der Waals surface area contributed by atoms with Gasteiger partial charge in [0.1, 0.15) is 5.84 Å². The number of amides is 2. The van der Waals surface area contributed by atoms with Crippen molar-refractivity contribution in [3.05, 3.63) is 65.2 Å². The van der Waals surface area contributed by atoms with Gasteiger partial charge in [0.25, 0.3) is 10.0 Å². The van der Waals surface area contributed by atoms with Crippen molar-refractivity contribution in [3.8, 4) is 0 Å². The lowest BCUT2D eigenvalue weighted by Crippen LogP contribution is -2.25. The van der Waals surface area contributed by atoms with Crippen LogP contribution in [0.3, 0.4) is 0 Å². The Labute approximate surface area is 182 Å². The van der Waals surface area contributed by atoms with Gasteiger partial charge in [-0.25, -0.2) is 8.42 Å². The van der Waals surface area contributed by atoms with Crippen LogP contribution in [-0.2, 0) is 21.2 Å².